The van der Waals surface area contributed by atoms with E-state index in [1.807, 2.05) is 24.0 Å². The minimum absolute atomic E-state index is 0.521. The number of fused-ring (bicyclic) bond motifs is 1. The van der Waals surface area contributed by atoms with E-state index in [2.05, 4.69) is 15.6 Å². The lowest BCUT2D eigenvalue weighted by Crippen LogP contribution is -2.19. The third-order valence-corrected chi connectivity index (χ3v) is 5.61. The molecule has 0 amide bonds. The van der Waals surface area contributed by atoms with E-state index in [1.165, 1.54) is 24.4 Å². The van der Waals surface area contributed by atoms with E-state index in [1.54, 1.807) is 0 Å². The average Bonchev–Trinajstić information content (AvgIpc) is 3.14. The molecule has 2 aliphatic heterocycles. The Kier molecular flexibility index (Phi) is 3.40. The zero-order chi connectivity index (χ0) is 13.4. The fourth-order valence-corrected chi connectivity index (χ4v) is 4.53. The molecule has 0 radical (unpaired) electrons. The van der Waals surface area contributed by atoms with E-state index in [0.717, 1.165) is 37.2 Å². The Morgan fingerprint density at radius 1 is 1.25 bits per heavy atom. The van der Waals surface area contributed by atoms with Gasteiger partial charge in [-0.15, -0.1) is 11.8 Å². The van der Waals surface area contributed by atoms with Gasteiger partial charge in [0, 0.05) is 25.3 Å². The summed E-state index contributed by atoms with van der Waals surface area (Å²) in [6.07, 6.45) is 6.59. The standard InChI is InChI=1S/C15H19N3OS/c1-3-12-15(16-7-1)18(13-4-2-10-20-13)14(17-12)11-5-8-19-9-6-11/h1,3,7,11,13H,2,4-6,8-10H2. The van der Waals surface area contributed by atoms with Gasteiger partial charge >= 0.3 is 0 Å². The fraction of sp³-hybridized carbons (Fsp3) is 0.600. The predicted octanol–water partition coefficient (Wildman–Crippen LogP) is 3.35. The van der Waals surface area contributed by atoms with E-state index in [0.29, 0.717) is 11.3 Å². The molecule has 5 heteroatoms. The monoisotopic (exact) mass is 289 g/mol. The van der Waals surface area contributed by atoms with Crippen molar-refractivity contribution in [3.8, 4) is 0 Å². The Hall–Kier alpha value is -1.07. The molecule has 20 heavy (non-hydrogen) atoms. The van der Waals surface area contributed by atoms with Crippen molar-refractivity contribution < 1.29 is 4.74 Å². The van der Waals surface area contributed by atoms with E-state index in [4.69, 9.17) is 9.72 Å². The molecule has 2 fully saturated rings. The lowest BCUT2D eigenvalue weighted by atomic mass is 9.99. The van der Waals surface area contributed by atoms with Gasteiger partial charge in [-0.3, -0.25) is 4.57 Å². The second kappa shape index (κ2) is 5.37. The van der Waals surface area contributed by atoms with Crippen molar-refractivity contribution in [1.82, 2.24) is 14.5 Å². The zero-order valence-electron chi connectivity index (χ0n) is 11.5. The summed E-state index contributed by atoms with van der Waals surface area (Å²) >= 11 is 2.04. The second-order valence-electron chi connectivity index (χ2n) is 5.54. The third-order valence-electron chi connectivity index (χ3n) is 4.26. The van der Waals surface area contributed by atoms with Crippen LogP contribution in [-0.4, -0.2) is 33.5 Å². The molecule has 0 aliphatic carbocycles. The van der Waals surface area contributed by atoms with E-state index in [9.17, 15) is 0 Å². The molecule has 0 aromatic carbocycles. The zero-order valence-corrected chi connectivity index (χ0v) is 12.3. The molecule has 0 spiro atoms. The molecule has 0 bridgehead atoms. The topological polar surface area (TPSA) is 39.9 Å². The summed E-state index contributed by atoms with van der Waals surface area (Å²) < 4.78 is 7.92. The van der Waals surface area contributed by atoms with E-state index < -0.39 is 0 Å². The minimum Gasteiger partial charge on any atom is -0.381 e. The summed E-state index contributed by atoms with van der Waals surface area (Å²) in [7, 11) is 0. The first-order valence-electron chi connectivity index (χ1n) is 7.45. The van der Waals surface area contributed by atoms with Crippen LogP contribution in [0.5, 0.6) is 0 Å². The number of hydrogen-bond acceptors (Lipinski definition) is 4. The summed E-state index contributed by atoms with van der Waals surface area (Å²) in [5.41, 5.74) is 2.11. The molecular formula is C15H19N3OS. The summed E-state index contributed by atoms with van der Waals surface area (Å²) in [5, 5.41) is 0.521. The van der Waals surface area contributed by atoms with Crippen LogP contribution in [0.25, 0.3) is 11.2 Å². The quantitative estimate of drug-likeness (QED) is 0.850. The molecule has 0 saturated carbocycles. The molecule has 2 saturated heterocycles. The van der Waals surface area contributed by atoms with Crippen molar-refractivity contribution in [3.63, 3.8) is 0 Å². The molecule has 1 atom stereocenters. The molecule has 0 N–H and O–H groups in total. The predicted molar refractivity (Wildman–Crippen MR) is 81.1 cm³/mol. The maximum absolute atomic E-state index is 5.50. The van der Waals surface area contributed by atoms with E-state index in [-0.39, 0.29) is 0 Å². The van der Waals surface area contributed by atoms with Gasteiger partial charge in [-0.25, -0.2) is 9.97 Å². The highest BCUT2D eigenvalue weighted by molar-refractivity contribution is 7.99. The Morgan fingerprint density at radius 2 is 2.15 bits per heavy atom. The number of nitrogens with zero attached hydrogens (tertiary/aromatic N) is 3. The van der Waals surface area contributed by atoms with Crippen molar-refractivity contribution in [2.24, 2.45) is 0 Å². The van der Waals surface area contributed by atoms with Crippen molar-refractivity contribution in [2.45, 2.75) is 37.0 Å². The number of hydrogen-bond donors (Lipinski definition) is 0. The molecule has 4 heterocycles. The van der Waals surface area contributed by atoms with Gasteiger partial charge < -0.3 is 4.74 Å². The van der Waals surface area contributed by atoms with Crippen LogP contribution >= 0.6 is 11.8 Å². The summed E-state index contributed by atoms with van der Waals surface area (Å²) in [4.78, 5) is 9.51. The number of thioether (sulfide) groups is 1. The maximum atomic E-state index is 5.50. The first-order chi connectivity index (χ1) is 9.93. The lowest BCUT2D eigenvalue weighted by molar-refractivity contribution is 0.0829. The number of pyridine rings is 1. The molecule has 2 aromatic rings. The van der Waals surface area contributed by atoms with Gasteiger partial charge in [0.15, 0.2) is 5.65 Å². The van der Waals surface area contributed by atoms with Gasteiger partial charge in [0.1, 0.15) is 11.3 Å². The maximum Gasteiger partial charge on any atom is 0.160 e. The van der Waals surface area contributed by atoms with Crippen molar-refractivity contribution >= 4 is 22.9 Å². The van der Waals surface area contributed by atoms with Crippen LogP contribution in [0, 0.1) is 0 Å². The number of aromatic nitrogens is 3. The van der Waals surface area contributed by atoms with Gasteiger partial charge in [-0.2, -0.15) is 0 Å². The Bertz CT molecular complexity index is 600. The normalized spacial score (nSPS) is 24.5. The first-order valence-corrected chi connectivity index (χ1v) is 8.50. The lowest BCUT2D eigenvalue weighted by Gasteiger charge is -2.24. The highest BCUT2D eigenvalue weighted by Crippen LogP contribution is 2.40. The Morgan fingerprint density at radius 3 is 2.95 bits per heavy atom. The van der Waals surface area contributed by atoms with Crippen LogP contribution in [0.15, 0.2) is 18.3 Å². The Labute approximate surface area is 122 Å². The second-order valence-corrected chi connectivity index (χ2v) is 6.83. The van der Waals surface area contributed by atoms with Crippen LogP contribution in [0.2, 0.25) is 0 Å². The van der Waals surface area contributed by atoms with Crippen LogP contribution in [0.3, 0.4) is 0 Å². The van der Waals surface area contributed by atoms with Gasteiger partial charge in [0.25, 0.3) is 0 Å². The molecule has 1 unspecified atom stereocenters. The third kappa shape index (κ3) is 2.13. The van der Waals surface area contributed by atoms with Gasteiger partial charge in [0.2, 0.25) is 0 Å². The fourth-order valence-electron chi connectivity index (χ4n) is 3.24. The SMILES string of the molecule is c1cnc2c(c1)nc(C1CCOCC1)n2C1CCCS1. The van der Waals surface area contributed by atoms with Crippen LogP contribution < -0.4 is 0 Å². The van der Waals surface area contributed by atoms with E-state index >= 15 is 0 Å². The summed E-state index contributed by atoms with van der Waals surface area (Å²) in [5.74, 6) is 3.02. The summed E-state index contributed by atoms with van der Waals surface area (Å²) in [6, 6.07) is 4.07. The average molecular weight is 289 g/mol. The van der Waals surface area contributed by atoms with Crippen molar-refractivity contribution in [3.05, 3.63) is 24.2 Å². The van der Waals surface area contributed by atoms with Gasteiger partial charge in [-0.05, 0) is 43.6 Å². The highest BCUT2D eigenvalue weighted by Gasteiger charge is 2.28. The number of imidazole rings is 1. The molecule has 4 nitrogen and oxygen atoms in total. The van der Waals surface area contributed by atoms with Crippen LogP contribution in [0.1, 0.15) is 42.8 Å². The van der Waals surface area contributed by atoms with Crippen LogP contribution in [0.4, 0.5) is 0 Å². The number of rotatable bonds is 2. The van der Waals surface area contributed by atoms with Gasteiger partial charge in [0.05, 0.1) is 5.37 Å². The molecule has 2 aliphatic rings. The molecular weight excluding hydrogens is 270 g/mol. The van der Waals surface area contributed by atoms with Gasteiger partial charge in [-0.1, -0.05) is 0 Å². The molecule has 106 valence electrons. The minimum atomic E-state index is 0.521. The van der Waals surface area contributed by atoms with Crippen LogP contribution in [-0.2, 0) is 4.74 Å². The van der Waals surface area contributed by atoms with Crippen molar-refractivity contribution in [2.75, 3.05) is 19.0 Å². The Balaban J connectivity index is 1.82. The molecule has 2 aromatic heterocycles. The molecule has 4 rings (SSSR count). The highest BCUT2D eigenvalue weighted by atomic mass is 32.2. The smallest absolute Gasteiger partial charge is 0.160 e. The largest absolute Gasteiger partial charge is 0.381 e. The number of ether oxygens (including phenoxy) is 1. The first kappa shape index (κ1) is 12.7. The summed E-state index contributed by atoms with van der Waals surface area (Å²) in [6.45, 7) is 1.72. The van der Waals surface area contributed by atoms with Crippen molar-refractivity contribution in [1.29, 1.82) is 0 Å².